The highest BCUT2D eigenvalue weighted by Crippen LogP contribution is 2.18. The zero-order valence-corrected chi connectivity index (χ0v) is 15.5. The van der Waals surface area contributed by atoms with Gasteiger partial charge in [-0.05, 0) is 31.6 Å². The van der Waals surface area contributed by atoms with E-state index < -0.39 is 0 Å². The van der Waals surface area contributed by atoms with Gasteiger partial charge in [-0.25, -0.2) is 0 Å². The molecule has 0 bridgehead atoms. The minimum atomic E-state index is 0.940. The summed E-state index contributed by atoms with van der Waals surface area (Å²) >= 11 is 0. The Hall–Kier alpha value is -0.260. The average molecular weight is 307 g/mol. The van der Waals surface area contributed by atoms with E-state index in [1.807, 2.05) is 0 Å². The maximum Gasteiger partial charge on any atom is -0.0351 e. The average Bonchev–Trinajstić information content (AvgIpc) is 2.52. The molecule has 130 valence electrons. The Morgan fingerprint density at radius 3 is 1.64 bits per heavy atom. The highest BCUT2D eigenvalue weighted by atomic mass is 14.1. The van der Waals surface area contributed by atoms with E-state index in [9.17, 15) is 0 Å². The van der Waals surface area contributed by atoms with Gasteiger partial charge in [0.25, 0.3) is 0 Å². The number of rotatable bonds is 17. The van der Waals surface area contributed by atoms with Crippen molar-refractivity contribution in [1.82, 2.24) is 0 Å². The quantitative estimate of drug-likeness (QED) is 0.188. The third-order valence-corrected chi connectivity index (χ3v) is 4.55. The standard InChI is InChI=1S/C22H42/c1-4-6-8-10-12-13-14-15-17-19-21-22(3)20-18-16-11-9-7-5-2/h10,12,22H,1-2,4-9,11,13-21H2,3H3/b12-10+. The zero-order chi connectivity index (χ0) is 16.3. The molecule has 0 rings (SSSR count). The van der Waals surface area contributed by atoms with Gasteiger partial charge in [-0.3, -0.25) is 0 Å². The molecule has 0 nitrogen and oxygen atoms in total. The smallest absolute Gasteiger partial charge is 0.0351 e. The van der Waals surface area contributed by atoms with E-state index in [1.165, 1.54) is 89.9 Å². The summed E-state index contributed by atoms with van der Waals surface area (Å²) in [6.07, 6.45) is 26.2. The lowest BCUT2D eigenvalue weighted by atomic mass is 9.96. The lowest BCUT2D eigenvalue weighted by molar-refractivity contribution is 0.433. The molecular weight excluding hydrogens is 264 g/mol. The molecule has 0 fully saturated rings. The van der Waals surface area contributed by atoms with E-state index in [1.54, 1.807) is 0 Å². The van der Waals surface area contributed by atoms with Gasteiger partial charge in [0, 0.05) is 0 Å². The summed E-state index contributed by atoms with van der Waals surface area (Å²) in [6.45, 7) is 10.2. The summed E-state index contributed by atoms with van der Waals surface area (Å²) in [7, 11) is 0. The first-order chi connectivity index (χ1) is 10.8. The summed E-state index contributed by atoms with van der Waals surface area (Å²) in [4.78, 5) is 0. The number of allylic oxidation sites excluding steroid dienone is 2. The molecule has 0 aromatic heterocycles. The minimum Gasteiger partial charge on any atom is -0.0885 e. The zero-order valence-electron chi connectivity index (χ0n) is 15.5. The predicted molar refractivity (Wildman–Crippen MR) is 103 cm³/mol. The minimum absolute atomic E-state index is 0.940. The van der Waals surface area contributed by atoms with Crippen LogP contribution in [0.4, 0.5) is 0 Å². The first kappa shape index (κ1) is 21.7. The van der Waals surface area contributed by atoms with Crippen molar-refractivity contribution >= 4 is 0 Å². The third-order valence-electron chi connectivity index (χ3n) is 4.55. The molecule has 0 N–H and O–H groups in total. The SMILES string of the molecule is [CH2]CCC/C=C/CCCCCCC(C)CCCCCCC[CH2]. The van der Waals surface area contributed by atoms with Crippen molar-refractivity contribution in [2.24, 2.45) is 5.92 Å². The van der Waals surface area contributed by atoms with Crippen LogP contribution in [0.25, 0.3) is 0 Å². The number of hydrogen-bond donors (Lipinski definition) is 0. The van der Waals surface area contributed by atoms with Gasteiger partial charge in [0.05, 0.1) is 0 Å². The first-order valence-corrected chi connectivity index (χ1v) is 10.0. The molecular formula is C22H42. The van der Waals surface area contributed by atoms with Gasteiger partial charge in [-0.2, -0.15) is 0 Å². The van der Waals surface area contributed by atoms with E-state index >= 15 is 0 Å². The van der Waals surface area contributed by atoms with Crippen LogP contribution in [0.2, 0.25) is 0 Å². The van der Waals surface area contributed by atoms with Crippen molar-refractivity contribution in [3.8, 4) is 0 Å². The van der Waals surface area contributed by atoms with Gasteiger partial charge >= 0.3 is 0 Å². The second-order valence-electron chi connectivity index (χ2n) is 6.97. The molecule has 0 saturated heterocycles. The van der Waals surface area contributed by atoms with Gasteiger partial charge in [-0.1, -0.05) is 110 Å². The molecule has 0 heterocycles. The Labute approximate surface area is 142 Å². The molecule has 22 heavy (non-hydrogen) atoms. The van der Waals surface area contributed by atoms with E-state index in [0.717, 1.165) is 18.8 Å². The second-order valence-corrected chi connectivity index (χ2v) is 6.97. The third kappa shape index (κ3) is 17.8. The normalized spacial score (nSPS) is 13.0. The highest BCUT2D eigenvalue weighted by molar-refractivity contribution is 4.81. The largest absolute Gasteiger partial charge is 0.0885 e. The molecule has 2 radical (unpaired) electrons. The lowest BCUT2D eigenvalue weighted by Crippen LogP contribution is -1.95. The van der Waals surface area contributed by atoms with Crippen LogP contribution in [0.1, 0.15) is 110 Å². The monoisotopic (exact) mass is 306 g/mol. The van der Waals surface area contributed by atoms with Gasteiger partial charge in [0.15, 0.2) is 0 Å². The van der Waals surface area contributed by atoms with E-state index in [4.69, 9.17) is 0 Å². The second kappa shape index (κ2) is 18.8. The molecule has 0 saturated carbocycles. The number of hydrogen-bond acceptors (Lipinski definition) is 0. The molecule has 0 spiro atoms. The summed E-state index contributed by atoms with van der Waals surface area (Å²) in [5, 5.41) is 0. The molecule has 0 aliphatic heterocycles. The number of unbranched alkanes of at least 4 members (excludes halogenated alkanes) is 11. The summed E-state index contributed by atoms with van der Waals surface area (Å²) < 4.78 is 0. The van der Waals surface area contributed by atoms with Crippen molar-refractivity contribution in [3.63, 3.8) is 0 Å². The van der Waals surface area contributed by atoms with Crippen LogP contribution < -0.4 is 0 Å². The van der Waals surface area contributed by atoms with Crippen LogP contribution in [0.3, 0.4) is 0 Å². The first-order valence-electron chi connectivity index (χ1n) is 10.0. The van der Waals surface area contributed by atoms with Crippen LogP contribution in [0, 0.1) is 19.8 Å². The fourth-order valence-corrected chi connectivity index (χ4v) is 2.95. The molecule has 1 atom stereocenters. The summed E-state index contributed by atoms with van der Waals surface area (Å²) in [5.74, 6) is 0.940. The van der Waals surface area contributed by atoms with Crippen molar-refractivity contribution in [1.29, 1.82) is 0 Å². The Balaban J connectivity index is 3.18. The Morgan fingerprint density at radius 2 is 1.05 bits per heavy atom. The van der Waals surface area contributed by atoms with Crippen molar-refractivity contribution in [2.45, 2.75) is 110 Å². The molecule has 0 aromatic rings. The molecule has 0 aliphatic carbocycles. The Kier molecular flexibility index (Phi) is 18.6. The molecule has 0 aliphatic rings. The van der Waals surface area contributed by atoms with Crippen LogP contribution >= 0.6 is 0 Å². The van der Waals surface area contributed by atoms with Crippen LogP contribution in [-0.2, 0) is 0 Å². The van der Waals surface area contributed by atoms with Crippen LogP contribution in [-0.4, -0.2) is 0 Å². The van der Waals surface area contributed by atoms with Crippen molar-refractivity contribution in [2.75, 3.05) is 0 Å². The lowest BCUT2D eigenvalue weighted by Gasteiger charge is -2.10. The Morgan fingerprint density at radius 1 is 0.591 bits per heavy atom. The van der Waals surface area contributed by atoms with Crippen molar-refractivity contribution < 1.29 is 0 Å². The van der Waals surface area contributed by atoms with Gasteiger partial charge in [-0.15, -0.1) is 0 Å². The fraction of sp³-hybridized carbons (Fsp3) is 0.818. The maximum atomic E-state index is 3.90. The van der Waals surface area contributed by atoms with Gasteiger partial charge in [0.1, 0.15) is 0 Å². The fourth-order valence-electron chi connectivity index (χ4n) is 2.95. The van der Waals surface area contributed by atoms with E-state index in [-0.39, 0.29) is 0 Å². The highest BCUT2D eigenvalue weighted by Gasteiger charge is 2.01. The van der Waals surface area contributed by atoms with Crippen LogP contribution in [0.5, 0.6) is 0 Å². The summed E-state index contributed by atoms with van der Waals surface area (Å²) in [5.41, 5.74) is 0. The molecule has 1 unspecified atom stereocenters. The molecule has 0 heteroatoms. The topological polar surface area (TPSA) is 0 Å². The van der Waals surface area contributed by atoms with E-state index in [2.05, 4.69) is 32.9 Å². The van der Waals surface area contributed by atoms with Gasteiger partial charge < -0.3 is 0 Å². The van der Waals surface area contributed by atoms with Crippen molar-refractivity contribution in [3.05, 3.63) is 26.0 Å². The van der Waals surface area contributed by atoms with Crippen LogP contribution in [0.15, 0.2) is 12.2 Å². The van der Waals surface area contributed by atoms with E-state index in [0.29, 0.717) is 0 Å². The predicted octanol–water partition coefficient (Wildman–Crippen LogP) is 8.09. The Bertz CT molecular complexity index is 216. The summed E-state index contributed by atoms with van der Waals surface area (Å²) in [6, 6.07) is 0. The van der Waals surface area contributed by atoms with Gasteiger partial charge in [0.2, 0.25) is 0 Å². The molecule has 0 amide bonds. The molecule has 0 aromatic carbocycles. The maximum absolute atomic E-state index is 3.90.